The van der Waals surface area contributed by atoms with Crippen LogP contribution in [0.5, 0.6) is 0 Å². The molecule has 3 rings (SSSR count). The van der Waals surface area contributed by atoms with Crippen molar-refractivity contribution in [2.75, 3.05) is 0 Å². The quantitative estimate of drug-likeness (QED) is 0.751. The highest BCUT2D eigenvalue weighted by Crippen LogP contribution is 2.24. The highest BCUT2D eigenvalue weighted by Gasteiger charge is 2.20. The predicted molar refractivity (Wildman–Crippen MR) is 98.7 cm³/mol. The fourth-order valence-corrected chi connectivity index (χ4v) is 3.04. The zero-order chi connectivity index (χ0) is 18.8. The number of halogens is 1. The molecule has 2 aromatic carbocycles. The number of rotatable bonds is 4. The number of amides is 1. The summed E-state index contributed by atoms with van der Waals surface area (Å²) >= 11 is 0. The minimum absolute atomic E-state index is 0.00717. The number of benzene rings is 2. The molecule has 6 heteroatoms. The van der Waals surface area contributed by atoms with Gasteiger partial charge in [0.05, 0.1) is 11.4 Å². The summed E-state index contributed by atoms with van der Waals surface area (Å²) < 4.78 is 13.7. The highest BCUT2D eigenvalue weighted by atomic mass is 19.1. The van der Waals surface area contributed by atoms with Crippen molar-refractivity contribution in [3.05, 3.63) is 75.3 Å². The molecule has 1 heterocycles. The summed E-state index contributed by atoms with van der Waals surface area (Å²) in [5.74, 6) is -0.877. The van der Waals surface area contributed by atoms with E-state index in [1.807, 2.05) is 31.2 Å². The molecule has 1 amide bonds. The standard InChI is InChI=1S/C20H20FN3O2/c1-11(2)13-7-4-5-8-14(13)12(3)22-20(26)18-19(25)15-9-6-10-16(21)17(15)23-24-18/h4-12H,1-3H3,(H,22,26)(H,23,25). The molecule has 0 saturated heterocycles. The summed E-state index contributed by atoms with van der Waals surface area (Å²) in [6.45, 7) is 6.02. The van der Waals surface area contributed by atoms with Gasteiger partial charge in [0.2, 0.25) is 5.43 Å². The second-order valence-corrected chi connectivity index (χ2v) is 6.54. The normalized spacial score (nSPS) is 12.3. The molecular formula is C20H20FN3O2. The van der Waals surface area contributed by atoms with Crippen molar-refractivity contribution in [2.45, 2.75) is 32.7 Å². The zero-order valence-corrected chi connectivity index (χ0v) is 14.8. The van der Waals surface area contributed by atoms with Crippen molar-refractivity contribution in [3.8, 4) is 0 Å². The lowest BCUT2D eigenvalue weighted by molar-refractivity contribution is 0.0932. The van der Waals surface area contributed by atoms with Crippen molar-refractivity contribution in [2.24, 2.45) is 0 Å². The summed E-state index contributed by atoms with van der Waals surface area (Å²) in [4.78, 5) is 25.1. The fourth-order valence-electron chi connectivity index (χ4n) is 3.04. The molecule has 134 valence electrons. The number of H-pyrrole nitrogens is 1. The van der Waals surface area contributed by atoms with Crippen molar-refractivity contribution < 1.29 is 9.18 Å². The Bertz CT molecular complexity index is 1030. The maximum Gasteiger partial charge on any atom is 0.276 e. The molecule has 3 aromatic rings. The first-order valence-electron chi connectivity index (χ1n) is 8.46. The third-order valence-corrected chi connectivity index (χ3v) is 4.40. The van der Waals surface area contributed by atoms with E-state index >= 15 is 0 Å². The van der Waals surface area contributed by atoms with Crippen LogP contribution >= 0.6 is 0 Å². The molecule has 0 aliphatic heterocycles. The molecular weight excluding hydrogens is 333 g/mol. The van der Waals surface area contributed by atoms with E-state index in [1.165, 1.54) is 18.2 Å². The van der Waals surface area contributed by atoms with E-state index in [9.17, 15) is 14.0 Å². The molecule has 1 unspecified atom stereocenters. The number of hydrogen-bond acceptors (Lipinski definition) is 3. The van der Waals surface area contributed by atoms with Crippen LogP contribution in [0.25, 0.3) is 10.9 Å². The van der Waals surface area contributed by atoms with Gasteiger partial charge in [-0.15, -0.1) is 0 Å². The average molecular weight is 353 g/mol. The number of aromatic amines is 1. The summed E-state index contributed by atoms with van der Waals surface area (Å²) in [6.07, 6.45) is 0. The molecule has 0 fully saturated rings. The van der Waals surface area contributed by atoms with E-state index in [0.717, 1.165) is 11.1 Å². The smallest absolute Gasteiger partial charge is 0.276 e. The van der Waals surface area contributed by atoms with Crippen molar-refractivity contribution in [1.29, 1.82) is 0 Å². The van der Waals surface area contributed by atoms with Crippen LogP contribution < -0.4 is 10.7 Å². The SMILES string of the molecule is CC(C)c1ccccc1C(C)NC(=O)c1n[nH]c2c(F)cccc2c1=O. The number of para-hydroxylation sites is 1. The molecule has 0 saturated carbocycles. The number of nitrogens with one attached hydrogen (secondary N) is 2. The molecule has 0 bridgehead atoms. The molecule has 0 aliphatic carbocycles. The minimum atomic E-state index is -0.597. The average Bonchev–Trinajstić information content (AvgIpc) is 2.62. The van der Waals surface area contributed by atoms with Crippen molar-refractivity contribution >= 4 is 16.8 Å². The van der Waals surface area contributed by atoms with Gasteiger partial charge in [-0.2, -0.15) is 5.10 Å². The zero-order valence-electron chi connectivity index (χ0n) is 14.8. The number of carbonyl (C=O) groups excluding carboxylic acids is 1. The topological polar surface area (TPSA) is 74.8 Å². The van der Waals surface area contributed by atoms with Gasteiger partial charge in [-0.05, 0) is 36.1 Å². The first kappa shape index (κ1) is 17.8. The van der Waals surface area contributed by atoms with Gasteiger partial charge >= 0.3 is 0 Å². The molecule has 0 aliphatic rings. The monoisotopic (exact) mass is 353 g/mol. The largest absolute Gasteiger partial charge is 0.344 e. The number of aromatic nitrogens is 2. The van der Waals surface area contributed by atoms with Crippen LogP contribution in [0.3, 0.4) is 0 Å². The Morgan fingerprint density at radius 2 is 1.77 bits per heavy atom. The van der Waals surface area contributed by atoms with Crippen LogP contribution in [0.15, 0.2) is 47.3 Å². The summed E-state index contributed by atoms with van der Waals surface area (Å²) in [6, 6.07) is 11.7. The van der Waals surface area contributed by atoms with Gasteiger partial charge in [-0.3, -0.25) is 14.7 Å². The lowest BCUT2D eigenvalue weighted by Gasteiger charge is -2.19. The highest BCUT2D eigenvalue weighted by molar-refractivity contribution is 5.95. The van der Waals surface area contributed by atoms with Gasteiger partial charge < -0.3 is 5.32 Å². The molecule has 2 N–H and O–H groups in total. The minimum Gasteiger partial charge on any atom is -0.344 e. The molecule has 5 nitrogen and oxygen atoms in total. The number of hydrogen-bond donors (Lipinski definition) is 2. The van der Waals surface area contributed by atoms with Gasteiger partial charge in [-0.1, -0.05) is 44.2 Å². The summed E-state index contributed by atoms with van der Waals surface area (Å²) in [7, 11) is 0. The Labute approximate surface area is 150 Å². The Morgan fingerprint density at radius 1 is 1.08 bits per heavy atom. The van der Waals surface area contributed by atoms with Gasteiger partial charge in [0.1, 0.15) is 11.3 Å². The second-order valence-electron chi connectivity index (χ2n) is 6.54. The van der Waals surface area contributed by atoms with Crippen LogP contribution in [-0.2, 0) is 0 Å². The first-order valence-corrected chi connectivity index (χ1v) is 8.46. The molecule has 0 spiro atoms. The Hall–Kier alpha value is -3.02. The van der Waals surface area contributed by atoms with Crippen LogP contribution in [0.2, 0.25) is 0 Å². The van der Waals surface area contributed by atoms with Crippen LogP contribution in [-0.4, -0.2) is 16.1 Å². The van der Waals surface area contributed by atoms with Crippen LogP contribution in [0.4, 0.5) is 4.39 Å². The maximum atomic E-state index is 13.7. The maximum absolute atomic E-state index is 13.7. The Morgan fingerprint density at radius 3 is 2.46 bits per heavy atom. The molecule has 26 heavy (non-hydrogen) atoms. The molecule has 1 atom stereocenters. The first-order chi connectivity index (χ1) is 12.4. The van der Waals surface area contributed by atoms with E-state index in [4.69, 9.17) is 0 Å². The van der Waals surface area contributed by atoms with E-state index in [-0.39, 0.29) is 22.6 Å². The Balaban J connectivity index is 1.93. The van der Waals surface area contributed by atoms with Crippen LogP contribution in [0.1, 0.15) is 54.3 Å². The van der Waals surface area contributed by atoms with E-state index in [2.05, 4.69) is 29.4 Å². The lowest BCUT2D eigenvalue weighted by atomic mass is 9.93. The van der Waals surface area contributed by atoms with Gasteiger partial charge in [0.15, 0.2) is 5.69 Å². The van der Waals surface area contributed by atoms with E-state index in [0.29, 0.717) is 5.92 Å². The van der Waals surface area contributed by atoms with Gasteiger partial charge in [0, 0.05) is 0 Å². The van der Waals surface area contributed by atoms with Gasteiger partial charge in [0.25, 0.3) is 5.91 Å². The third-order valence-electron chi connectivity index (χ3n) is 4.40. The molecule has 0 radical (unpaired) electrons. The Kier molecular flexibility index (Phi) is 4.84. The van der Waals surface area contributed by atoms with Gasteiger partial charge in [-0.25, -0.2) is 4.39 Å². The number of carbonyl (C=O) groups is 1. The van der Waals surface area contributed by atoms with Crippen molar-refractivity contribution in [1.82, 2.24) is 15.5 Å². The molecule has 1 aromatic heterocycles. The summed E-state index contributed by atoms with van der Waals surface area (Å²) in [5.41, 5.74) is 1.23. The van der Waals surface area contributed by atoms with Crippen LogP contribution in [0, 0.1) is 5.82 Å². The van der Waals surface area contributed by atoms with E-state index in [1.54, 1.807) is 0 Å². The second kappa shape index (κ2) is 7.07. The number of nitrogens with zero attached hydrogens (tertiary/aromatic N) is 1. The third kappa shape index (κ3) is 3.22. The fraction of sp³-hybridized carbons (Fsp3) is 0.250. The summed E-state index contributed by atoms with van der Waals surface area (Å²) in [5, 5.41) is 9.16. The van der Waals surface area contributed by atoms with E-state index < -0.39 is 17.2 Å². The number of fused-ring (bicyclic) bond motifs is 1. The predicted octanol–water partition coefficient (Wildman–Crippen LogP) is 3.68. The lowest BCUT2D eigenvalue weighted by Crippen LogP contribution is -2.33. The van der Waals surface area contributed by atoms with Crippen molar-refractivity contribution in [3.63, 3.8) is 0 Å².